The molecule has 2 aromatic rings. The predicted molar refractivity (Wildman–Crippen MR) is 87.3 cm³/mol. The number of aromatic nitrogens is 1. The van der Waals surface area contributed by atoms with E-state index >= 15 is 0 Å². The number of rotatable bonds is 6. The summed E-state index contributed by atoms with van der Waals surface area (Å²) in [5.74, 6) is 1.40. The Morgan fingerprint density at radius 1 is 1.14 bits per heavy atom. The van der Waals surface area contributed by atoms with Crippen molar-refractivity contribution in [3.05, 3.63) is 53.7 Å². The lowest BCUT2D eigenvalue weighted by molar-refractivity contribution is 0.250. The molecule has 2 N–H and O–H groups in total. The topological polar surface area (TPSA) is 63.2 Å². The molecule has 0 aliphatic heterocycles. The highest BCUT2D eigenvalue weighted by atomic mass is 16.5. The van der Waals surface area contributed by atoms with E-state index in [9.17, 15) is 4.79 Å². The molecule has 0 spiro atoms. The minimum Gasteiger partial charge on any atom is -0.494 e. The number of hydrogen-bond donors (Lipinski definition) is 2. The van der Waals surface area contributed by atoms with E-state index in [0.717, 1.165) is 17.9 Å². The Hall–Kier alpha value is -2.56. The molecule has 0 atom stereocenters. The second-order valence-electron chi connectivity index (χ2n) is 5.06. The van der Waals surface area contributed by atoms with Gasteiger partial charge < -0.3 is 10.1 Å². The van der Waals surface area contributed by atoms with Crippen molar-refractivity contribution in [2.75, 3.05) is 18.5 Å². The Bertz CT molecular complexity index is 612. The molecule has 1 heterocycles. The van der Waals surface area contributed by atoms with E-state index in [1.807, 2.05) is 50.2 Å². The van der Waals surface area contributed by atoms with Crippen LogP contribution in [0.1, 0.15) is 17.7 Å². The molecular formula is C17H21N3O2. The molecular weight excluding hydrogens is 278 g/mol. The standard InChI is InChI=1S/C17H21N3O2/c1-13-7-9-15(10-8-13)22-12-4-11-18-17(21)20-16-6-3-5-14(2)19-16/h3,5-10H,4,11-12H2,1-2H3,(H2,18,19,20,21). The summed E-state index contributed by atoms with van der Waals surface area (Å²) in [5.41, 5.74) is 2.07. The number of benzene rings is 1. The molecule has 2 rings (SSSR count). The highest BCUT2D eigenvalue weighted by molar-refractivity contribution is 5.88. The molecule has 5 nitrogen and oxygen atoms in total. The summed E-state index contributed by atoms with van der Waals surface area (Å²) in [4.78, 5) is 15.9. The largest absolute Gasteiger partial charge is 0.494 e. The number of anilines is 1. The molecule has 0 saturated heterocycles. The van der Waals surface area contributed by atoms with E-state index in [1.54, 1.807) is 6.07 Å². The van der Waals surface area contributed by atoms with Crippen LogP contribution in [-0.4, -0.2) is 24.2 Å². The molecule has 0 aliphatic rings. The first-order valence-electron chi connectivity index (χ1n) is 7.31. The summed E-state index contributed by atoms with van der Waals surface area (Å²) < 4.78 is 5.59. The zero-order chi connectivity index (χ0) is 15.8. The number of urea groups is 1. The van der Waals surface area contributed by atoms with Gasteiger partial charge in [0.05, 0.1) is 6.61 Å². The summed E-state index contributed by atoms with van der Waals surface area (Å²) in [6.07, 6.45) is 0.739. The molecule has 0 saturated carbocycles. The van der Waals surface area contributed by atoms with Crippen LogP contribution in [-0.2, 0) is 0 Å². The fourth-order valence-corrected chi connectivity index (χ4v) is 1.87. The van der Waals surface area contributed by atoms with Crippen LogP contribution in [0.2, 0.25) is 0 Å². The van der Waals surface area contributed by atoms with Crippen LogP contribution in [0.4, 0.5) is 10.6 Å². The summed E-state index contributed by atoms with van der Waals surface area (Å²) in [6.45, 7) is 5.02. The number of carbonyl (C=O) groups is 1. The third kappa shape index (κ3) is 5.44. The van der Waals surface area contributed by atoms with Crippen molar-refractivity contribution in [3.63, 3.8) is 0 Å². The average Bonchev–Trinajstić information content (AvgIpc) is 2.49. The maximum atomic E-state index is 11.7. The highest BCUT2D eigenvalue weighted by Gasteiger charge is 2.02. The molecule has 2 amide bonds. The SMILES string of the molecule is Cc1ccc(OCCCNC(=O)Nc2cccc(C)n2)cc1. The fourth-order valence-electron chi connectivity index (χ4n) is 1.87. The van der Waals surface area contributed by atoms with E-state index in [1.165, 1.54) is 5.56 Å². The van der Waals surface area contributed by atoms with Crippen molar-refractivity contribution >= 4 is 11.8 Å². The van der Waals surface area contributed by atoms with Crippen LogP contribution in [0, 0.1) is 13.8 Å². The molecule has 22 heavy (non-hydrogen) atoms. The Morgan fingerprint density at radius 3 is 2.64 bits per heavy atom. The molecule has 5 heteroatoms. The molecule has 0 bridgehead atoms. The van der Waals surface area contributed by atoms with Gasteiger partial charge in [0.2, 0.25) is 0 Å². The first-order chi connectivity index (χ1) is 10.6. The van der Waals surface area contributed by atoms with Gasteiger partial charge in [-0.05, 0) is 44.5 Å². The minimum atomic E-state index is -0.256. The van der Waals surface area contributed by atoms with Crippen molar-refractivity contribution in [3.8, 4) is 5.75 Å². The molecule has 116 valence electrons. The minimum absolute atomic E-state index is 0.256. The zero-order valence-corrected chi connectivity index (χ0v) is 12.9. The summed E-state index contributed by atoms with van der Waals surface area (Å²) in [5, 5.41) is 5.47. The second-order valence-corrected chi connectivity index (χ2v) is 5.06. The second kappa shape index (κ2) is 8.02. The fraction of sp³-hybridized carbons (Fsp3) is 0.294. The van der Waals surface area contributed by atoms with Crippen LogP contribution in [0.25, 0.3) is 0 Å². The summed E-state index contributed by atoms with van der Waals surface area (Å²) >= 11 is 0. The number of carbonyl (C=O) groups excluding carboxylic acids is 1. The third-order valence-electron chi connectivity index (χ3n) is 3.03. The monoisotopic (exact) mass is 299 g/mol. The van der Waals surface area contributed by atoms with E-state index in [4.69, 9.17) is 4.74 Å². The first-order valence-corrected chi connectivity index (χ1v) is 7.31. The lowest BCUT2D eigenvalue weighted by atomic mass is 10.2. The van der Waals surface area contributed by atoms with Gasteiger partial charge in [-0.2, -0.15) is 0 Å². The Labute approximate surface area is 130 Å². The number of nitrogens with one attached hydrogen (secondary N) is 2. The number of aryl methyl sites for hydroxylation is 2. The van der Waals surface area contributed by atoms with Gasteiger partial charge in [-0.25, -0.2) is 9.78 Å². The van der Waals surface area contributed by atoms with Gasteiger partial charge in [0.25, 0.3) is 0 Å². The third-order valence-corrected chi connectivity index (χ3v) is 3.03. The number of ether oxygens (including phenoxy) is 1. The average molecular weight is 299 g/mol. The van der Waals surface area contributed by atoms with E-state index in [-0.39, 0.29) is 6.03 Å². The lowest BCUT2D eigenvalue weighted by Crippen LogP contribution is -2.30. The van der Waals surface area contributed by atoms with Crippen molar-refractivity contribution in [1.29, 1.82) is 0 Å². The van der Waals surface area contributed by atoms with Gasteiger partial charge >= 0.3 is 6.03 Å². The lowest BCUT2D eigenvalue weighted by Gasteiger charge is -2.09. The summed E-state index contributed by atoms with van der Waals surface area (Å²) in [7, 11) is 0. The van der Waals surface area contributed by atoms with Gasteiger partial charge in [0, 0.05) is 12.2 Å². The van der Waals surface area contributed by atoms with E-state index < -0.39 is 0 Å². The van der Waals surface area contributed by atoms with Crippen LogP contribution in [0.3, 0.4) is 0 Å². The van der Waals surface area contributed by atoms with E-state index in [2.05, 4.69) is 15.6 Å². The van der Waals surface area contributed by atoms with Crippen LogP contribution in [0.5, 0.6) is 5.75 Å². The number of hydrogen-bond acceptors (Lipinski definition) is 3. The van der Waals surface area contributed by atoms with Crippen LogP contribution in [0.15, 0.2) is 42.5 Å². The Balaban J connectivity index is 1.62. The maximum Gasteiger partial charge on any atom is 0.320 e. The Kier molecular flexibility index (Phi) is 5.77. The molecule has 1 aromatic carbocycles. The number of nitrogens with zero attached hydrogens (tertiary/aromatic N) is 1. The van der Waals surface area contributed by atoms with Crippen molar-refractivity contribution in [2.45, 2.75) is 20.3 Å². The number of pyridine rings is 1. The van der Waals surface area contributed by atoms with Gasteiger partial charge in [-0.15, -0.1) is 0 Å². The number of amides is 2. The van der Waals surface area contributed by atoms with Crippen LogP contribution < -0.4 is 15.4 Å². The van der Waals surface area contributed by atoms with Crippen LogP contribution >= 0.6 is 0 Å². The molecule has 1 aromatic heterocycles. The Morgan fingerprint density at radius 2 is 1.91 bits per heavy atom. The highest BCUT2D eigenvalue weighted by Crippen LogP contribution is 2.11. The quantitative estimate of drug-likeness (QED) is 0.805. The zero-order valence-electron chi connectivity index (χ0n) is 12.9. The van der Waals surface area contributed by atoms with Crippen molar-refractivity contribution < 1.29 is 9.53 Å². The maximum absolute atomic E-state index is 11.7. The van der Waals surface area contributed by atoms with Gasteiger partial charge in [0.1, 0.15) is 11.6 Å². The molecule has 0 fully saturated rings. The molecule has 0 unspecified atom stereocenters. The van der Waals surface area contributed by atoms with Crippen molar-refractivity contribution in [2.24, 2.45) is 0 Å². The normalized spacial score (nSPS) is 10.1. The smallest absolute Gasteiger partial charge is 0.320 e. The van der Waals surface area contributed by atoms with Gasteiger partial charge in [-0.3, -0.25) is 5.32 Å². The van der Waals surface area contributed by atoms with E-state index in [0.29, 0.717) is 19.0 Å². The molecule has 0 aliphatic carbocycles. The van der Waals surface area contributed by atoms with Gasteiger partial charge in [0.15, 0.2) is 0 Å². The first kappa shape index (κ1) is 15.8. The predicted octanol–water partition coefficient (Wildman–Crippen LogP) is 3.29. The van der Waals surface area contributed by atoms with Crippen molar-refractivity contribution in [1.82, 2.24) is 10.3 Å². The summed E-state index contributed by atoms with van der Waals surface area (Å²) in [6, 6.07) is 13.1. The molecule has 0 radical (unpaired) electrons. The van der Waals surface area contributed by atoms with Gasteiger partial charge in [-0.1, -0.05) is 23.8 Å².